The zero-order chi connectivity index (χ0) is 17.9. The minimum atomic E-state index is -0.131. The highest BCUT2D eigenvalue weighted by Gasteiger charge is 2.32. The molecular formula is C18H21N3O4S. The van der Waals surface area contributed by atoms with Crippen LogP contribution in [0.1, 0.15) is 23.3 Å². The highest BCUT2D eigenvalue weighted by molar-refractivity contribution is 7.13. The fourth-order valence-corrected chi connectivity index (χ4v) is 4.21. The topological polar surface area (TPSA) is 75.9 Å². The number of aromatic nitrogens is 1. The second kappa shape index (κ2) is 7.59. The van der Waals surface area contributed by atoms with Gasteiger partial charge in [0, 0.05) is 31.6 Å². The van der Waals surface area contributed by atoms with Crippen molar-refractivity contribution in [3.63, 3.8) is 0 Å². The number of hydrogen-bond donors (Lipinski definition) is 0. The van der Waals surface area contributed by atoms with Crippen LogP contribution in [0.25, 0.3) is 10.8 Å². The third-order valence-electron chi connectivity index (χ3n) is 4.84. The van der Waals surface area contributed by atoms with E-state index in [0.717, 1.165) is 12.8 Å². The van der Waals surface area contributed by atoms with Gasteiger partial charge in [0.15, 0.2) is 10.8 Å². The lowest BCUT2D eigenvalue weighted by Crippen LogP contribution is -2.49. The summed E-state index contributed by atoms with van der Waals surface area (Å²) in [4.78, 5) is 33.6. The maximum Gasteiger partial charge on any atom is 0.273 e. The van der Waals surface area contributed by atoms with E-state index >= 15 is 0 Å². The van der Waals surface area contributed by atoms with Crippen LogP contribution in [0.5, 0.6) is 0 Å². The van der Waals surface area contributed by atoms with Crippen LogP contribution in [0.2, 0.25) is 0 Å². The van der Waals surface area contributed by atoms with Crippen LogP contribution in [0.4, 0.5) is 0 Å². The number of ether oxygens (including phenoxy) is 1. The van der Waals surface area contributed by atoms with Crippen molar-refractivity contribution in [1.82, 2.24) is 14.8 Å². The second-order valence-electron chi connectivity index (χ2n) is 6.54. The zero-order valence-electron chi connectivity index (χ0n) is 14.4. The molecular weight excluding hydrogens is 354 g/mol. The Balaban J connectivity index is 1.42. The Kier molecular flexibility index (Phi) is 5.03. The molecule has 0 aliphatic carbocycles. The second-order valence-corrected chi connectivity index (χ2v) is 7.40. The van der Waals surface area contributed by atoms with Gasteiger partial charge in [-0.25, -0.2) is 4.98 Å². The number of amides is 2. The van der Waals surface area contributed by atoms with Crippen LogP contribution in [0, 0.1) is 5.92 Å². The summed E-state index contributed by atoms with van der Waals surface area (Å²) in [6.45, 7) is 3.59. The van der Waals surface area contributed by atoms with Gasteiger partial charge < -0.3 is 19.0 Å². The molecule has 4 heterocycles. The molecule has 2 aliphatic heterocycles. The summed E-state index contributed by atoms with van der Waals surface area (Å²) in [5, 5.41) is 2.45. The average molecular weight is 375 g/mol. The Hall–Kier alpha value is -2.19. The number of furan rings is 1. The molecule has 1 atom stereocenters. The predicted octanol–water partition coefficient (Wildman–Crippen LogP) is 2.11. The van der Waals surface area contributed by atoms with Crippen molar-refractivity contribution in [3.8, 4) is 10.8 Å². The molecule has 138 valence electrons. The van der Waals surface area contributed by atoms with Gasteiger partial charge in [0.1, 0.15) is 5.69 Å². The SMILES string of the molecule is O=C(c1csc(-c2ccco2)n1)N1CCCC(C(=O)N2CCOCC2)C1. The Labute approximate surface area is 155 Å². The highest BCUT2D eigenvalue weighted by atomic mass is 32.1. The van der Waals surface area contributed by atoms with Crippen molar-refractivity contribution < 1.29 is 18.7 Å². The number of carbonyl (C=O) groups excluding carboxylic acids is 2. The molecule has 26 heavy (non-hydrogen) atoms. The van der Waals surface area contributed by atoms with Gasteiger partial charge in [-0.2, -0.15) is 0 Å². The predicted molar refractivity (Wildman–Crippen MR) is 95.8 cm³/mol. The molecule has 0 bridgehead atoms. The van der Waals surface area contributed by atoms with Gasteiger partial charge in [0.2, 0.25) is 5.91 Å². The maximum atomic E-state index is 12.8. The van der Waals surface area contributed by atoms with Gasteiger partial charge in [-0.3, -0.25) is 9.59 Å². The molecule has 0 spiro atoms. The third kappa shape index (κ3) is 3.52. The first kappa shape index (κ1) is 17.2. The van der Waals surface area contributed by atoms with Gasteiger partial charge in [-0.05, 0) is 25.0 Å². The van der Waals surface area contributed by atoms with Crippen LogP contribution in [-0.4, -0.2) is 66.0 Å². The van der Waals surface area contributed by atoms with E-state index in [1.807, 2.05) is 11.0 Å². The maximum absolute atomic E-state index is 12.8. The van der Waals surface area contributed by atoms with Crippen molar-refractivity contribution in [2.75, 3.05) is 39.4 Å². The first-order valence-electron chi connectivity index (χ1n) is 8.87. The molecule has 8 heteroatoms. The zero-order valence-corrected chi connectivity index (χ0v) is 15.2. The third-order valence-corrected chi connectivity index (χ3v) is 5.69. The molecule has 1 unspecified atom stereocenters. The van der Waals surface area contributed by atoms with E-state index < -0.39 is 0 Å². The molecule has 2 fully saturated rings. The van der Waals surface area contributed by atoms with Crippen molar-refractivity contribution >= 4 is 23.2 Å². The number of thiazole rings is 1. The molecule has 2 amide bonds. The lowest BCUT2D eigenvalue weighted by Gasteiger charge is -2.36. The van der Waals surface area contributed by atoms with Crippen LogP contribution in [-0.2, 0) is 9.53 Å². The summed E-state index contributed by atoms with van der Waals surface area (Å²) in [7, 11) is 0. The first-order chi connectivity index (χ1) is 12.7. The molecule has 2 saturated heterocycles. The average Bonchev–Trinajstić information content (AvgIpc) is 3.39. The van der Waals surface area contributed by atoms with Gasteiger partial charge in [0.05, 0.1) is 25.4 Å². The van der Waals surface area contributed by atoms with E-state index in [4.69, 9.17) is 9.15 Å². The molecule has 0 N–H and O–H groups in total. The molecule has 7 nitrogen and oxygen atoms in total. The largest absolute Gasteiger partial charge is 0.462 e. The summed E-state index contributed by atoms with van der Waals surface area (Å²) >= 11 is 1.39. The van der Waals surface area contributed by atoms with Crippen molar-refractivity contribution in [2.24, 2.45) is 5.92 Å². The smallest absolute Gasteiger partial charge is 0.273 e. The summed E-state index contributed by atoms with van der Waals surface area (Å²) in [6, 6.07) is 3.62. The van der Waals surface area contributed by atoms with E-state index in [2.05, 4.69) is 4.98 Å². The monoisotopic (exact) mass is 375 g/mol. The first-order valence-corrected chi connectivity index (χ1v) is 9.75. The Bertz CT molecular complexity index is 767. The van der Waals surface area contributed by atoms with Crippen molar-refractivity contribution in [3.05, 3.63) is 29.5 Å². The van der Waals surface area contributed by atoms with Crippen LogP contribution >= 0.6 is 11.3 Å². The molecule has 0 aromatic carbocycles. The van der Waals surface area contributed by atoms with Crippen LogP contribution < -0.4 is 0 Å². The van der Waals surface area contributed by atoms with Gasteiger partial charge in [-0.1, -0.05) is 0 Å². The number of hydrogen-bond acceptors (Lipinski definition) is 6. The molecule has 2 aliphatic rings. The molecule has 0 radical (unpaired) electrons. The van der Waals surface area contributed by atoms with Crippen LogP contribution in [0.3, 0.4) is 0 Å². The molecule has 2 aromatic rings. The fraction of sp³-hybridized carbons (Fsp3) is 0.500. The highest BCUT2D eigenvalue weighted by Crippen LogP contribution is 2.26. The summed E-state index contributed by atoms with van der Waals surface area (Å²) in [6.07, 6.45) is 3.25. The lowest BCUT2D eigenvalue weighted by atomic mass is 9.96. The fourth-order valence-electron chi connectivity index (χ4n) is 3.45. The number of likely N-dealkylation sites (tertiary alicyclic amines) is 1. The van der Waals surface area contributed by atoms with E-state index in [1.54, 1.807) is 22.6 Å². The summed E-state index contributed by atoms with van der Waals surface area (Å²) in [5.41, 5.74) is 0.417. The number of nitrogens with zero attached hydrogens (tertiary/aromatic N) is 3. The summed E-state index contributed by atoms with van der Waals surface area (Å²) in [5.74, 6) is 0.556. The molecule has 0 saturated carbocycles. The van der Waals surface area contributed by atoms with E-state index in [0.29, 0.717) is 55.9 Å². The summed E-state index contributed by atoms with van der Waals surface area (Å²) < 4.78 is 10.7. The van der Waals surface area contributed by atoms with Crippen molar-refractivity contribution in [1.29, 1.82) is 0 Å². The minimum Gasteiger partial charge on any atom is -0.462 e. The number of piperidine rings is 1. The van der Waals surface area contributed by atoms with Gasteiger partial charge in [-0.15, -0.1) is 11.3 Å². The molecule has 4 rings (SSSR count). The van der Waals surface area contributed by atoms with Crippen LogP contribution in [0.15, 0.2) is 28.2 Å². The minimum absolute atomic E-state index is 0.112. The molecule has 2 aromatic heterocycles. The van der Waals surface area contributed by atoms with E-state index in [-0.39, 0.29) is 17.7 Å². The lowest BCUT2D eigenvalue weighted by molar-refractivity contribution is -0.141. The number of morpholine rings is 1. The normalized spacial score (nSPS) is 21.0. The standard InChI is InChI=1S/C18H21N3O4S/c22-17(20-6-9-24-10-7-20)13-3-1-5-21(11-13)18(23)14-12-26-16(19-14)15-4-2-8-25-15/h2,4,8,12-13H,1,3,5-7,9-11H2. The van der Waals surface area contributed by atoms with Gasteiger partial charge >= 0.3 is 0 Å². The number of rotatable bonds is 3. The van der Waals surface area contributed by atoms with E-state index in [1.165, 1.54) is 11.3 Å². The Morgan fingerprint density at radius 2 is 2.04 bits per heavy atom. The van der Waals surface area contributed by atoms with E-state index in [9.17, 15) is 9.59 Å². The quantitative estimate of drug-likeness (QED) is 0.821. The Morgan fingerprint density at radius 1 is 1.19 bits per heavy atom. The number of carbonyl (C=O) groups is 2. The van der Waals surface area contributed by atoms with Gasteiger partial charge in [0.25, 0.3) is 5.91 Å². The van der Waals surface area contributed by atoms with Crippen molar-refractivity contribution in [2.45, 2.75) is 12.8 Å². The Morgan fingerprint density at radius 3 is 2.81 bits per heavy atom.